The maximum atomic E-state index is 10.9. The van der Waals surface area contributed by atoms with Crippen LogP contribution in [0.3, 0.4) is 0 Å². The molecule has 0 aliphatic rings. The summed E-state index contributed by atoms with van der Waals surface area (Å²) in [7, 11) is -15.2. The number of rotatable bonds is 6. The van der Waals surface area contributed by atoms with Gasteiger partial charge in [0, 0.05) is 0 Å². The zero-order valence-corrected chi connectivity index (χ0v) is 11.7. The van der Waals surface area contributed by atoms with Gasteiger partial charge in [0.25, 0.3) is 30.4 Å². The molecule has 0 aliphatic heterocycles. The van der Waals surface area contributed by atoms with Crippen molar-refractivity contribution in [1.82, 2.24) is 0 Å². The highest BCUT2D eigenvalue weighted by molar-refractivity contribution is 7.92. The summed E-state index contributed by atoms with van der Waals surface area (Å²) >= 11 is 0. The molecule has 0 unspecified atom stereocenters. The van der Waals surface area contributed by atoms with Crippen LogP contribution in [-0.2, 0) is 30.4 Å². The van der Waals surface area contributed by atoms with E-state index in [-0.39, 0.29) is 0 Å². The van der Waals surface area contributed by atoms with Crippen LogP contribution in [0.5, 0.6) is 0 Å². The van der Waals surface area contributed by atoms with E-state index in [0.29, 0.717) is 0 Å². The van der Waals surface area contributed by atoms with Gasteiger partial charge in [-0.3, -0.25) is 13.7 Å². The minimum atomic E-state index is -5.08. The summed E-state index contributed by atoms with van der Waals surface area (Å²) in [6.07, 6.45) is 0. The highest BCUT2D eigenvalue weighted by Gasteiger charge is 2.37. The normalized spacial score (nSPS) is 13.3. The van der Waals surface area contributed by atoms with Gasteiger partial charge in [-0.25, -0.2) is 0 Å². The van der Waals surface area contributed by atoms with Crippen molar-refractivity contribution in [3.8, 4) is 0 Å². The highest BCUT2D eigenvalue weighted by atomic mass is 32.2. The average Bonchev–Trinajstić information content (AvgIpc) is 2.13. The van der Waals surface area contributed by atoms with Crippen LogP contribution in [-0.4, -0.2) is 38.9 Å². The standard InChI is InChI=1S/C7H10O9S3/c1-4(17(8,9)10)7(5(2)18(11,12)13)6(3)19(14,15)16/h7H,1-3H2,(H,8,9,10)(H,11,12,13)(H,14,15,16). The molecule has 0 heterocycles. The third kappa shape index (κ3) is 4.52. The predicted octanol–water partition coefficient (Wildman–Crippen LogP) is -0.193. The molecule has 19 heavy (non-hydrogen) atoms. The van der Waals surface area contributed by atoms with Gasteiger partial charge in [-0.2, -0.15) is 25.3 Å². The molecule has 0 spiro atoms. The second kappa shape index (κ2) is 5.15. The van der Waals surface area contributed by atoms with Crippen LogP contribution < -0.4 is 0 Å². The molecular weight excluding hydrogens is 324 g/mol. The predicted molar refractivity (Wildman–Crippen MR) is 65.6 cm³/mol. The Bertz CT molecular complexity index is 631. The quantitative estimate of drug-likeness (QED) is 0.558. The minimum absolute atomic E-state index is 1.34. The first kappa shape index (κ1) is 17.9. The summed E-state index contributed by atoms with van der Waals surface area (Å²) < 4.78 is 91.3. The molecule has 0 atom stereocenters. The second-order valence-electron chi connectivity index (χ2n) is 3.26. The Kier molecular flexibility index (Phi) is 4.86. The van der Waals surface area contributed by atoms with Crippen molar-refractivity contribution in [1.29, 1.82) is 0 Å². The molecule has 0 aliphatic carbocycles. The van der Waals surface area contributed by atoms with Crippen LogP contribution in [0, 0.1) is 5.92 Å². The van der Waals surface area contributed by atoms with Gasteiger partial charge in [0.15, 0.2) is 0 Å². The first-order chi connectivity index (χ1) is 8.10. The van der Waals surface area contributed by atoms with Gasteiger partial charge < -0.3 is 0 Å². The lowest BCUT2D eigenvalue weighted by Crippen LogP contribution is -2.23. The Morgan fingerprint density at radius 2 is 0.789 bits per heavy atom. The summed E-state index contributed by atoms with van der Waals surface area (Å²) in [6.45, 7) is 8.35. The van der Waals surface area contributed by atoms with Gasteiger partial charge in [-0.1, -0.05) is 19.7 Å². The van der Waals surface area contributed by atoms with E-state index in [1.807, 2.05) is 0 Å². The molecule has 0 radical (unpaired) electrons. The molecular formula is C7H10O9S3. The minimum Gasteiger partial charge on any atom is -0.282 e. The van der Waals surface area contributed by atoms with Gasteiger partial charge in [0.05, 0.1) is 20.6 Å². The van der Waals surface area contributed by atoms with Crippen molar-refractivity contribution in [3.63, 3.8) is 0 Å². The molecule has 0 amide bonds. The van der Waals surface area contributed by atoms with E-state index in [1.165, 1.54) is 0 Å². The van der Waals surface area contributed by atoms with E-state index in [0.717, 1.165) is 0 Å². The third-order valence-corrected chi connectivity index (χ3v) is 4.66. The smallest absolute Gasteiger partial charge is 0.282 e. The van der Waals surface area contributed by atoms with Gasteiger partial charge >= 0.3 is 0 Å². The van der Waals surface area contributed by atoms with E-state index in [4.69, 9.17) is 13.7 Å². The maximum absolute atomic E-state index is 10.9. The van der Waals surface area contributed by atoms with E-state index in [9.17, 15) is 25.3 Å². The third-order valence-electron chi connectivity index (χ3n) is 1.96. The Morgan fingerprint density at radius 1 is 0.632 bits per heavy atom. The number of allylic oxidation sites excluding steroid dienone is 3. The highest BCUT2D eigenvalue weighted by Crippen LogP contribution is 2.33. The monoisotopic (exact) mass is 334 g/mol. The van der Waals surface area contributed by atoms with Crippen LogP contribution in [0.4, 0.5) is 0 Å². The van der Waals surface area contributed by atoms with Crippen molar-refractivity contribution in [2.75, 3.05) is 0 Å². The van der Waals surface area contributed by atoms with E-state index < -0.39 is 51.0 Å². The number of hydrogen-bond donors (Lipinski definition) is 3. The van der Waals surface area contributed by atoms with Gasteiger partial charge in [0.1, 0.15) is 0 Å². The van der Waals surface area contributed by atoms with E-state index >= 15 is 0 Å². The molecule has 0 fully saturated rings. The summed E-state index contributed by atoms with van der Waals surface area (Å²) in [6, 6.07) is 0. The Morgan fingerprint density at radius 3 is 0.895 bits per heavy atom. The van der Waals surface area contributed by atoms with Crippen molar-refractivity contribution in [2.45, 2.75) is 0 Å². The van der Waals surface area contributed by atoms with Gasteiger partial charge in [-0.05, 0) is 0 Å². The van der Waals surface area contributed by atoms with Crippen LogP contribution >= 0.6 is 0 Å². The number of hydrogen-bond acceptors (Lipinski definition) is 6. The molecule has 9 nitrogen and oxygen atoms in total. The molecule has 0 aromatic heterocycles. The van der Waals surface area contributed by atoms with Crippen molar-refractivity contribution >= 4 is 30.4 Å². The molecule has 3 N–H and O–H groups in total. The Balaban J connectivity index is 6.18. The fourth-order valence-electron chi connectivity index (χ4n) is 0.985. The lowest BCUT2D eigenvalue weighted by atomic mass is 10.1. The van der Waals surface area contributed by atoms with Crippen molar-refractivity contribution in [2.24, 2.45) is 5.92 Å². The lowest BCUT2D eigenvalue weighted by Gasteiger charge is -2.18. The molecule has 0 saturated carbocycles. The average molecular weight is 334 g/mol. The fraction of sp³-hybridized carbons (Fsp3) is 0.143. The van der Waals surface area contributed by atoms with Gasteiger partial charge in [-0.15, -0.1) is 0 Å². The Hall–Kier alpha value is -1.05. The first-order valence-corrected chi connectivity index (χ1v) is 8.41. The van der Waals surface area contributed by atoms with Crippen molar-refractivity contribution < 1.29 is 38.9 Å². The molecule has 0 aromatic rings. The van der Waals surface area contributed by atoms with Crippen LogP contribution in [0.2, 0.25) is 0 Å². The summed E-state index contributed by atoms with van der Waals surface area (Å²) in [4.78, 5) is -4.01. The zero-order chi connectivity index (χ0) is 15.8. The lowest BCUT2D eigenvalue weighted by molar-refractivity contribution is 0.480. The topological polar surface area (TPSA) is 163 Å². The molecule has 110 valence electrons. The van der Waals surface area contributed by atoms with Crippen LogP contribution in [0.15, 0.2) is 34.5 Å². The van der Waals surface area contributed by atoms with E-state index in [1.54, 1.807) is 0 Å². The maximum Gasteiger partial charge on any atom is 0.291 e. The summed E-state index contributed by atoms with van der Waals surface area (Å²) in [5, 5.41) is 0. The van der Waals surface area contributed by atoms with Crippen molar-refractivity contribution in [3.05, 3.63) is 34.5 Å². The zero-order valence-electron chi connectivity index (χ0n) is 9.21. The van der Waals surface area contributed by atoms with Gasteiger partial charge in [0.2, 0.25) is 0 Å². The van der Waals surface area contributed by atoms with E-state index in [2.05, 4.69) is 19.7 Å². The molecule has 0 bridgehead atoms. The SMILES string of the molecule is C=C(C(C(=C)S(=O)(=O)O)C(=C)S(=O)(=O)O)S(=O)(=O)O. The summed E-state index contributed by atoms with van der Waals surface area (Å²) in [5.41, 5.74) is 0. The first-order valence-electron chi connectivity index (χ1n) is 4.09. The Labute approximate surface area is 110 Å². The second-order valence-corrected chi connectivity index (χ2v) is 7.68. The molecule has 0 aromatic carbocycles. The van der Waals surface area contributed by atoms with Crippen LogP contribution in [0.25, 0.3) is 0 Å². The fourth-order valence-corrected chi connectivity index (χ4v) is 2.96. The molecule has 0 rings (SSSR count). The molecule has 0 saturated heterocycles. The summed E-state index contributed by atoms with van der Waals surface area (Å²) in [5.74, 6) is -2.33. The largest absolute Gasteiger partial charge is 0.291 e. The molecule has 12 heteroatoms. The van der Waals surface area contributed by atoms with Crippen LogP contribution in [0.1, 0.15) is 0 Å².